The van der Waals surface area contributed by atoms with Gasteiger partial charge in [-0.2, -0.15) is 0 Å². The molecule has 0 unspecified atom stereocenters. The first-order chi connectivity index (χ1) is 9.51. The van der Waals surface area contributed by atoms with E-state index in [0.29, 0.717) is 11.4 Å². The number of hydrogen-bond acceptors (Lipinski definition) is 3. The topological polar surface area (TPSA) is 51.2 Å². The van der Waals surface area contributed by atoms with Gasteiger partial charge in [-0.05, 0) is 65.2 Å². The second-order valence-electron chi connectivity index (χ2n) is 4.45. The molecule has 0 aliphatic carbocycles. The van der Waals surface area contributed by atoms with E-state index < -0.39 is 0 Å². The summed E-state index contributed by atoms with van der Waals surface area (Å²) >= 11 is 3.30. The summed E-state index contributed by atoms with van der Waals surface area (Å²) in [6.07, 6.45) is 1.64. The fourth-order valence-electron chi connectivity index (χ4n) is 1.89. The number of rotatable bonds is 3. The highest BCUT2D eigenvalue weighted by molar-refractivity contribution is 9.10. The highest BCUT2D eigenvalue weighted by Gasteiger charge is 2.12. The summed E-state index contributed by atoms with van der Waals surface area (Å²) in [5, 5.41) is 2.78. The number of amides is 1. The molecule has 2 aromatic rings. The summed E-state index contributed by atoms with van der Waals surface area (Å²) < 4.78 is 6.11. The van der Waals surface area contributed by atoms with Crippen molar-refractivity contribution in [1.29, 1.82) is 0 Å². The summed E-state index contributed by atoms with van der Waals surface area (Å²) in [5.41, 5.74) is 2.40. The van der Waals surface area contributed by atoms with Crippen LogP contribution in [0.25, 0.3) is 0 Å². The molecule has 0 spiro atoms. The van der Waals surface area contributed by atoms with Crippen LogP contribution in [0.5, 0.6) is 5.75 Å². The van der Waals surface area contributed by atoms with Crippen molar-refractivity contribution in [2.24, 2.45) is 0 Å². The molecule has 0 saturated carbocycles. The predicted molar refractivity (Wildman–Crippen MR) is 82.4 cm³/mol. The van der Waals surface area contributed by atoms with Gasteiger partial charge in [-0.25, -0.2) is 4.98 Å². The van der Waals surface area contributed by atoms with E-state index in [1.54, 1.807) is 19.4 Å². The van der Waals surface area contributed by atoms with Crippen molar-refractivity contribution >= 4 is 27.7 Å². The lowest BCUT2D eigenvalue weighted by atomic mass is 10.0. The van der Waals surface area contributed by atoms with E-state index in [-0.39, 0.29) is 5.91 Å². The van der Waals surface area contributed by atoms with Crippen molar-refractivity contribution < 1.29 is 9.53 Å². The van der Waals surface area contributed by atoms with Crippen molar-refractivity contribution in [3.8, 4) is 5.75 Å². The maximum absolute atomic E-state index is 12.3. The van der Waals surface area contributed by atoms with Gasteiger partial charge in [0.25, 0.3) is 5.91 Å². The van der Waals surface area contributed by atoms with Crippen molar-refractivity contribution in [2.45, 2.75) is 13.8 Å². The molecule has 0 saturated heterocycles. The molecule has 1 aromatic heterocycles. The number of aromatic nitrogens is 1. The zero-order valence-electron chi connectivity index (χ0n) is 11.5. The Bertz CT molecular complexity index is 639. The van der Waals surface area contributed by atoms with Crippen LogP contribution in [0.1, 0.15) is 21.5 Å². The van der Waals surface area contributed by atoms with Crippen LogP contribution in [0.2, 0.25) is 0 Å². The third-order valence-corrected chi connectivity index (χ3v) is 3.42. The summed E-state index contributed by atoms with van der Waals surface area (Å²) in [7, 11) is 1.62. The second kappa shape index (κ2) is 6.05. The van der Waals surface area contributed by atoms with Crippen LogP contribution in [0.4, 0.5) is 5.82 Å². The van der Waals surface area contributed by atoms with E-state index in [1.807, 2.05) is 32.0 Å². The molecule has 1 aromatic carbocycles. The Hall–Kier alpha value is -1.88. The fourth-order valence-corrected chi connectivity index (χ4v) is 2.12. The molecule has 1 N–H and O–H groups in total. The van der Waals surface area contributed by atoms with Gasteiger partial charge in [0, 0.05) is 16.2 Å². The Morgan fingerprint density at radius 1 is 1.25 bits per heavy atom. The number of ether oxygens (including phenoxy) is 1. The zero-order valence-corrected chi connectivity index (χ0v) is 13.1. The minimum Gasteiger partial charge on any atom is -0.496 e. The standard InChI is InChI=1S/C15H15BrN2O2/c1-9-7-13(20-3)10(2)6-12(9)15(19)18-14-5-4-11(16)8-17-14/h4-8H,1-3H3,(H,17,18,19). The van der Waals surface area contributed by atoms with Crippen molar-refractivity contribution in [3.05, 3.63) is 51.6 Å². The SMILES string of the molecule is COc1cc(C)c(C(=O)Nc2ccc(Br)cn2)cc1C. The number of anilines is 1. The van der Waals surface area contributed by atoms with Gasteiger partial charge in [0.05, 0.1) is 7.11 Å². The van der Waals surface area contributed by atoms with Gasteiger partial charge in [0.2, 0.25) is 0 Å². The Kier molecular flexibility index (Phi) is 4.39. The summed E-state index contributed by atoms with van der Waals surface area (Å²) in [4.78, 5) is 16.4. The molecule has 5 heteroatoms. The number of hydrogen-bond donors (Lipinski definition) is 1. The Balaban J connectivity index is 2.25. The summed E-state index contributed by atoms with van der Waals surface area (Å²) in [6, 6.07) is 7.25. The highest BCUT2D eigenvalue weighted by atomic mass is 79.9. The molecule has 2 rings (SSSR count). The first-order valence-corrected chi connectivity index (χ1v) is 6.88. The Morgan fingerprint density at radius 2 is 2.00 bits per heavy atom. The monoisotopic (exact) mass is 334 g/mol. The molecule has 20 heavy (non-hydrogen) atoms. The van der Waals surface area contributed by atoms with E-state index >= 15 is 0 Å². The fraction of sp³-hybridized carbons (Fsp3) is 0.200. The van der Waals surface area contributed by atoms with Gasteiger partial charge in [-0.3, -0.25) is 4.79 Å². The number of methoxy groups -OCH3 is 1. The van der Waals surface area contributed by atoms with E-state index in [4.69, 9.17) is 4.74 Å². The zero-order chi connectivity index (χ0) is 14.7. The number of carbonyl (C=O) groups excluding carboxylic acids is 1. The second-order valence-corrected chi connectivity index (χ2v) is 5.37. The smallest absolute Gasteiger partial charge is 0.257 e. The molecule has 0 aliphatic rings. The molecule has 0 atom stereocenters. The first kappa shape index (κ1) is 14.5. The average molecular weight is 335 g/mol. The van der Waals surface area contributed by atoms with Crippen LogP contribution >= 0.6 is 15.9 Å². The molecular formula is C15H15BrN2O2. The van der Waals surface area contributed by atoms with Gasteiger partial charge in [-0.15, -0.1) is 0 Å². The van der Waals surface area contributed by atoms with Crippen LogP contribution in [-0.4, -0.2) is 18.0 Å². The van der Waals surface area contributed by atoms with Crippen LogP contribution in [0.3, 0.4) is 0 Å². The van der Waals surface area contributed by atoms with Gasteiger partial charge in [-0.1, -0.05) is 0 Å². The molecule has 4 nitrogen and oxygen atoms in total. The van der Waals surface area contributed by atoms with E-state index in [0.717, 1.165) is 21.3 Å². The molecular weight excluding hydrogens is 320 g/mol. The van der Waals surface area contributed by atoms with Gasteiger partial charge in [0.15, 0.2) is 0 Å². The minimum absolute atomic E-state index is 0.178. The van der Waals surface area contributed by atoms with Gasteiger partial charge in [0.1, 0.15) is 11.6 Å². The molecule has 0 bridgehead atoms. The van der Waals surface area contributed by atoms with Crippen molar-refractivity contribution in [1.82, 2.24) is 4.98 Å². The van der Waals surface area contributed by atoms with E-state index in [2.05, 4.69) is 26.2 Å². The summed E-state index contributed by atoms with van der Waals surface area (Å²) in [5.74, 6) is 1.12. The number of nitrogens with one attached hydrogen (secondary N) is 1. The third kappa shape index (κ3) is 3.17. The van der Waals surface area contributed by atoms with Crippen LogP contribution in [0.15, 0.2) is 34.9 Å². The number of aryl methyl sites for hydroxylation is 2. The van der Waals surface area contributed by atoms with Gasteiger partial charge < -0.3 is 10.1 Å². The van der Waals surface area contributed by atoms with Crippen LogP contribution < -0.4 is 10.1 Å². The predicted octanol–water partition coefficient (Wildman–Crippen LogP) is 3.72. The Labute approximate surface area is 126 Å². The largest absolute Gasteiger partial charge is 0.496 e. The average Bonchev–Trinajstić information content (AvgIpc) is 2.43. The molecule has 1 amide bonds. The minimum atomic E-state index is -0.178. The van der Waals surface area contributed by atoms with Gasteiger partial charge >= 0.3 is 0 Å². The normalized spacial score (nSPS) is 10.2. The van der Waals surface area contributed by atoms with Crippen molar-refractivity contribution in [3.63, 3.8) is 0 Å². The molecule has 1 heterocycles. The molecule has 0 aliphatic heterocycles. The summed E-state index contributed by atoms with van der Waals surface area (Å²) in [6.45, 7) is 3.79. The molecule has 0 radical (unpaired) electrons. The number of halogens is 1. The quantitative estimate of drug-likeness (QED) is 0.930. The first-order valence-electron chi connectivity index (χ1n) is 6.09. The molecule has 0 fully saturated rings. The highest BCUT2D eigenvalue weighted by Crippen LogP contribution is 2.23. The number of nitrogens with zero attached hydrogens (tertiary/aromatic N) is 1. The lowest BCUT2D eigenvalue weighted by Gasteiger charge is -2.11. The lowest BCUT2D eigenvalue weighted by Crippen LogP contribution is -2.14. The maximum Gasteiger partial charge on any atom is 0.257 e. The maximum atomic E-state index is 12.3. The number of carbonyl (C=O) groups is 1. The Morgan fingerprint density at radius 3 is 2.60 bits per heavy atom. The van der Waals surface area contributed by atoms with E-state index in [9.17, 15) is 4.79 Å². The lowest BCUT2D eigenvalue weighted by molar-refractivity contribution is 0.102. The van der Waals surface area contributed by atoms with Crippen LogP contribution in [0, 0.1) is 13.8 Å². The van der Waals surface area contributed by atoms with E-state index in [1.165, 1.54) is 0 Å². The molecule has 104 valence electrons. The van der Waals surface area contributed by atoms with Crippen LogP contribution in [-0.2, 0) is 0 Å². The number of benzene rings is 1. The van der Waals surface area contributed by atoms with Crippen molar-refractivity contribution in [2.75, 3.05) is 12.4 Å². The number of pyridine rings is 1. The third-order valence-electron chi connectivity index (χ3n) is 2.96.